The molecule has 1 heterocycles. The van der Waals surface area contributed by atoms with E-state index in [0.717, 1.165) is 38.5 Å². The van der Waals surface area contributed by atoms with E-state index in [-0.39, 0.29) is 22.9 Å². The molecule has 4 saturated carbocycles. The van der Waals surface area contributed by atoms with Crippen LogP contribution in [0.1, 0.15) is 84.4 Å². The largest absolute Gasteiger partial charge is 0.390 e. The number of aromatic nitrogens is 4. The second-order valence-electron chi connectivity index (χ2n) is 12.4. The number of rotatable bonds is 5. The number of ketones is 1. The van der Waals surface area contributed by atoms with E-state index < -0.39 is 5.60 Å². The number of aryl methyl sites for hydroxylation is 1. The van der Waals surface area contributed by atoms with Crippen LogP contribution in [0.15, 0.2) is 0 Å². The second-order valence-corrected chi connectivity index (χ2v) is 12.4. The molecule has 4 aliphatic carbocycles. The van der Waals surface area contributed by atoms with Gasteiger partial charge in [0.1, 0.15) is 12.4 Å². The summed E-state index contributed by atoms with van der Waals surface area (Å²) in [5.74, 6) is 3.54. The van der Waals surface area contributed by atoms with Crippen LogP contribution in [0.5, 0.6) is 0 Å². The molecule has 1 N–H and O–H groups in total. The minimum Gasteiger partial charge on any atom is -0.390 e. The summed E-state index contributed by atoms with van der Waals surface area (Å²) in [6.07, 6.45) is 9.90. The molecular weight excluding hydrogens is 416 g/mol. The minimum atomic E-state index is -0.545. The van der Waals surface area contributed by atoms with Crippen molar-refractivity contribution in [2.75, 3.05) is 7.11 Å². The number of aliphatic hydroxyl groups is 1. The van der Waals surface area contributed by atoms with Gasteiger partial charge in [0.15, 0.2) is 5.78 Å². The number of ether oxygens (including phenoxy) is 1. The first-order valence-electron chi connectivity index (χ1n) is 13.1. The fourth-order valence-corrected chi connectivity index (χ4v) is 9.36. The summed E-state index contributed by atoms with van der Waals surface area (Å²) in [7, 11) is 1.87. The van der Waals surface area contributed by atoms with Crippen LogP contribution in [0.4, 0.5) is 0 Å². The maximum Gasteiger partial charge on any atom is 0.158 e. The quantitative estimate of drug-likeness (QED) is 0.718. The molecule has 0 saturated heterocycles. The van der Waals surface area contributed by atoms with Gasteiger partial charge in [-0.3, -0.25) is 4.79 Å². The standard InChI is InChI=1S/C26H42N4O3/c1-16(33-5)26-13-12-24(3,32)14-18(26)6-7-19-20-8-9-22(25(20,4)11-10-21(19)26)23(31)15-30-17(2)27-28-29-30/h16,18-22,32H,6-15H2,1-5H3/t16-,18-,19+,20+,21+,22-,24-,25+,26-/m1/s1. The van der Waals surface area contributed by atoms with Gasteiger partial charge in [0.2, 0.25) is 0 Å². The predicted octanol–water partition coefficient (Wildman–Crippen LogP) is 3.98. The lowest BCUT2D eigenvalue weighted by atomic mass is 9.42. The summed E-state index contributed by atoms with van der Waals surface area (Å²) >= 11 is 0. The summed E-state index contributed by atoms with van der Waals surface area (Å²) in [4.78, 5) is 13.4. The third-order valence-electron chi connectivity index (χ3n) is 11.0. The second kappa shape index (κ2) is 8.11. The first-order valence-corrected chi connectivity index (χ1v) is 13.1. The first-order chi connectivity index (χ1) is 15.6. The highest BCUT2D eigenvalue weighted by atomic mass is 16.5. The lowest BCUT2D eigenvalue weighted by Crippen LogP contribution is -2.60. The molecule has 4 fully saturated rings. The molecule has 0 spiro atoms. The third-order valence-corrected chi connectivity index (χ3v) is 11.0. The Morgan fingerprint density at radius 3 is 2.64 bits per heavy atom. The number of Topliss-reactive ketones (excluding diaryl/α,β-unsaturated/α-hetero) is 1. The van der Waals surface area contributed by atoms with Crippen molar-refractivity contribution < 1.29 is 14.6 Å². The molecule has 7 nitrogen and oxygen atoms in total. The van der Waals surface area contributed by atoms with Gasteiger partial charge in [-0.1, -0.05) is 6.92 Å². The van der Waals surface area contributed by atoms with Gasteiger partial charge in [-0.15, -0.1) is 5.10 Å². The Kier molecular flexibility index (Phi) is 5.75. The van der Waals surface area contributed by atoms with Crippen LogP contribution in [-0.4, -0.2) is 49.9 Å². The number of carbonyl (C=O) groups is 1. The van der Waals surface area contributed by atoms with E-state index >= 15 is 0 Å². The van der Waals surface area contributed by atoms with Crippen molar-refractivity contribution in [1.29, 1.82) is 0 Å². The van der Waals surface area contributed by atoms with Gasteiger partial charge >= 0.3 is 0 Å². The summed E-state index contributed by atoms with van der Waals surface area (Å²) in [6.45, 7) is 8.85. The molecule has 0 amide bonds. The monoisotopic (exact) mass is 458 g/mol. The zero-order chi connectivity index (χ0) is 23.6. The van der Waals surface area contributed by atoms with E-state index in [1.807, 2.05) is 21.0 Å². The minimum absolute atomic E-state index is 0.0741. The highest BCUT2D eigenvalue weighted by Crippen LogP contribution is 2.69. The summed E-state index contributed by atoms with van der Waals surface area (Å²) in [5.41, 5.74) is -0.311. The average molecular weight is 459 g/mol. The van der Waals surface area contributed by atoms with Crippen LogP contribution in [0.3, 0.4) is 0 Å². The summed E-state index contributed by atoms with van der Waals surface area (Å²) < 4.78 is 7.73. The fourth-order valence-electron chi connectivity index (χ4n) is 9.36. The number of hydrogen-bond acceptors (Lipinski definition) is 6. The van der Waals surface area contributed by atoms with Gasteiger partial charge < -0.3 is 9.84 Å². The Labute approximate surface area is 198 Å². The molecule has 0 radical (unpaired) electrons. The van der Waals surface area contributed by atoms with Gasteiger partial charge in [0.25, 0.3) is 0 Å². The molecule has 4 aliphatic rings. The molecule has 184 valence electrons. The Hall–Kier alpha value is -1.34. The van der Waals surface area contributed by atoms with E-state index in [0.29, 0.717) is 41.8 Å². The topological polar surface area (TPSA) is 90.1 Å². The van der Waals surface area contributed by atoms with Gasteiger partial charge in [0.05, 0.1) is 11.7 Å². The van der Waals surface area contributed by atoms with Gasteiger partial charge in [-0.05, 0) is 118 Å². The average Bonchev–Trinajstić information content (AvgIpc) is 3.34. The molecule has 9 atom stereocenters. The van der Waals surface area contributed by atoms with E-state index in [1.165, 1.54) is 19.3 Å². The van der Waals surface area contributed by atoms with E-state index in [4.69, 9.17) is 4.74 Å². The fraction of sp³-hybridized carbons (Fsp3) is 0.923. The number of carbonyl (C=O) groups excluding carboxylic acids is 1. The predicted molar refractivity (Wildman–Crippen MR) is 124 cm³/mol. The van der Waals surface area contributed by atoms with Crippen LogP contribution in [0.2, 0.25) is 0 Å². The van der Waals surface area contributed by atoms with Crippen LogP contribution in [0, 0.1) is 47.3 Å². The Morgan fingerprint density at radius 2 is 1.94 bits per heavy atom. The summed E-state index contributed by atoms with van der Waals surface area (Å²) in [5, 5.41) is 22.6. The van der Waals surface area contributed by atoms with Crippen molar-refractivity contribution in [3.8, 4) is 0 Å². The van der Waals surface area contributed by atoms with Crippen molar-refractivity contribution in [1.82, 2.24) is 20.2 Å². The van der Waals surface area contributed by atoms with Crippen LogP contribution < -0.4 is 0 Å². The van der Waals surface area contributed by atoms with Crippen LogP contribution in [0.25, 0.3) is 0 Å². The molecule has 1 aromatic heterocycles. The van der Waals surface area contributed by atoms with Crippen molar-refractivity contribution in [3.05, 3.63) is 5.82 Å². The maximum absolute atomic E-state index is 13.4. The SMILES string of the molecule is CO[C@H](C)[C@]12CC[C@@](C)(O)C[C@H]1CC[C@H]1[C@@H]3CC[C@H](C(=O)Cn4nnnc4C)[C@@]3(C)CC[C@@H]12. The summed E-state index contributed by atoms with van der Waals surface area (Å²) in [6, 6.07) is 0. The lowest BCUT2D eigenvalue weighted by molar-refractivity contribution is -0.199. The van der Waals surface area contributed by atoms with Crippen LogP contribution in [-0.2, 0) is 16.1 Å². The molecule has 1 aromatic rings. The van der Waals surface area contributed by atoms with Gasteiger partial charge in [0, 0.05) is 18.4 Å². The number of methoxy groups -OCH3 is 1. The smallest absolute Gasteiger partial charge is 0.158 e. The van der Waals surface area contributed by atoms with Gasteiger partial charge in [-0.25, -0.2) is 4.68 Å². The van der Waals surface area contributed by atoms with Crippen LogP contribution >= 0.6 is 0 Å². The molecule has 5 rings (SSSR count). The highest BCUT2D eigenvalue weighted by molar-refractivity contribution is 5.82. The number of fused-ring (bicyclic) bond motifs is 5. The van der Waals surface area contributed by atoms with E-state index in [9.17, 15) is 9.90 Å². The Bertz CT molecular complexity index is 900. The number of hydrogen-bond donors (Lipinski definition) is 1. The Balaban J connectivity index is 1.41. The van der Waals surface area contributed by atoms with Gasteiger partial charge in [-0.2, -0.15) is 0 Å². The van der Waals surface area contributed by atoms with Crippen molar-refractivity contribution in [2.24, 2.45) is 40.4 Å². The number of nitrogens with zero attached hydrogens (tertiary/aromatic N) is 4. The van der Waals surface area contributed by atoms with E-state index in [1.54, 1.807) is 4.68 Å². The normalized spacial score (nSPS) is 45.7. The molecule has 7 heteroatoms. The Morgan fingerprint density at radius 1 is 1.15 bits per heavy atom. The number of tetrazole rings is 1. The molecule has 0 bridgehead atoms. The zero-order valence-electron chi connectivity index (χ0n) is 21.1. The molecule has 0 aliphatic heterocycles. The molecule has 0 aromatic carbocycles. The molecule has 33 heavy (non-hydrogen) atoms. The third kappa shape index (κ3) is 3.51. The van der Waals surface area contributed by atoms with Crippen molar-refractivity contribution in [2.45, 2.75) is 104 Å². The van der Waals surface area contributed by atoms with Crippen molar-refractivity contribution in [3.63, 3.8) is 0 Å². The highest BCUT2D eigenvalue weighted by Gasteiger charge is 2.64. The first kappa shape index (κ1) is 23.4. The maximum atomic E-state index is 13.4. The lowest BCUT2D eigenvalue weighted by Gasteiger charge is -2.64. The van der Waals surface area contributed by atoms with E-state index in [2.05, 4.69) is 29.4 Å². The molecule has 0 unspecified atom stereocenters. The zero-order valence-corrected chi connectivity index (χ0v) is 21.1. The molecular formula is C26H42N4O3. The van der Waals surface area contributed by atoms with Crippen molar-refractivity contribution >= 4 is 5.78 Å².